The van der Waals surface area contributed by atoms with Gasteiger partial charge in [-0.25, -0.2) is 4.79 Å². The van der Waals surface area contributed by atoms with Crippen LogP contribution in [-0.2, 0) is 6.54 Å². The lowest BCUT2D eigenvalue weighted by Gasteiger charge is -2.32. The first-order valence-electron chi connectivity index (χ1n) is 11.2. The molecule has 0 aromatic heterocycles. The van der Waals surface area contributed by atoms with Gasteiger partial charge in [0.15, 0.2) is 0 Å². The summed E-state index contributed by atoms with van der Waals surface area (Å²) in [5, 5.41) is 19.2. The number of anilines is 1. The van der Waals surface area contributed by atoms with Gasteiger partial charge in [0.25, 0.3) is 0 Å². The summed E-state index contributed by atoms with van der Waals surface area (Å²) in [6.07, 6.45) is 8.48. The first-order valence-corrected chi connectivity index (χ1v) is 11.2. The highest BCUT2D eigenvalue weighted by Crippen LogP contribution is 2.50. The van der Waals surface area contributed by atoms with Crippen LogP contribution in [-0.4, -0.2) is 17.1 Å². The topological polar surface area (TPSA) is 64.3 Å². The molecule has 30 heavy (non-hydrogen) atoms. The molecule has 1 aliphatic heterocycles. The third kappa shape index (κ3) is 3.94. The van der Waals surface area contributed by atoms with Crippen LogP contribution < -0.4 is 4.90 Å². The summed E-state index contributed by atoms with van der Waals surface area (Å²) in [4.78, 5) is 14.4. The van der Waals surface area contributed by atoms with E-state index in [-0.39, 0.29) is 0 Å². The number of para-hydroxylation sites is 1. The minimum absolute atomic E-state index is 0.329. The Morgan fingerprint density at radius 1 is 1.23 bits per heavy atom. The smallest absolute Gasteiger partial charge is 0.337 e. The fraction of sp³-hybridized carbons (Fsp3) is 0.462. The summed E-state index contributed by atoms with van der Waals surface area (Å²) >= 11 is 0. The fourth-order valence-corrected chi connectivity index (χ4v) is 5.56. The van der Waals surface area contributed by atoms with E-state index in [1.807, 2.05) is 30.3 Å². The van der Waals surface area contributed by atoms with Crippen molar-refractivity contribution in [2.45, 2.75) is 70.4 Å². The van der Waals surface area contributed by atoms with Crippen LogP contribution in [0.5, 0.6) is 0 Å². The van der Waals surface area contributed by atoms with Crippen molar-refractivity contribution in [3.05, 3.63) is 64.7 Å². The molecule has 0 radical (unpaired) electrons. The number of hydrogen-bond acceptors (Lipinski definition) is 3. The molecule has 0 bridgehead atoms. The van der Waals surface area contributed by atoms with Crippen molar-refractivity contribution in [1.29, 1.82) is 5.26 Å². The number of rotatable bonds is 6. The predicted molar refractivity (Wildman–Crippen MR) is 119 cm³/mol. The molecule has 1 saturated carbocycles. The van der Waals surface area contributed by atoms with E-state index >= 15 is 0 Å². The fourth-order valence-electron chi connectivity index (χ4n) is 5.56. The molecule has 1 aliphatic carbocycles. The zero-order chi connectivity index (χ0) is 21.1. The van der Waals surface area contributed by atoms with Gasteiger partial charge in [-0.15, -0.1) is 0 Å². The Hall–Kier alpha value is -2.80. The van der Waals surface area contributed by atoms with E-state index in [2.05, 4.69) is 24.0 Å². The second-order valence-corrected chi connectivity index (χ2v) is 8.84. The number of carboxylic acid groups (broad SMARTS) is 1. The van der Waals surface area contributed by atoms with Crippen molar-refractivity contribution < 1.29 is 9.90 Å². The lowest BCUT2D eigenvalue weighted by Crippen LogP contribution is -2.35. The van der Waals surface area contributed by atoms with Crippen LogP contribution in [0.25, 0.3) is 0 Å². The molecule has 1 heterocycles. The summed E-state index contributed by atoms with van der Waals surface area (Å²) in [7, 11) is 0. The van der Waals surface area contributed by atoms with E-state index < -0.39 is 5.97 Å². The monoisotopic (exact) mass is 402 g/mol. The van der Waals surface area contributed by atoms with E-state index in [4.69, 9.17) is 0 Å². The number of hydrogen-bond donors (Lipinski definition) is 1. The second kappa shape index (κ2) is 8.92. The van der Waals surface area contributed by atoms with Crippen molar-refractivity contribution in [2.75, 3.05) is 4.90 Å². The van der Waals surface area contributed by atoms with Crippen LogP contribution in [0.15, 0.2) is 42.5 Å². The Morgan fingerprint density at radius 2 is 2.07 bits per heavy atom. The van der Waals surface area contributed by atoms with Gasteiger partial charge < -0.3 is 10.0 Å². The Labute approximate surface area is 179 Å². The van der Waals surface area contributed by atoms with E-state index in [1.165, 1.54) is 37.7 Å². The minimum atomic E-state index is -0.860. The van der Waals surface area contributed by atoms with Gasteiger partial charge in [-0.05, 0) is 48.1 Å². The summed E-state index contributed by atoms with van der Waals surface area (Å²) < 4.78 is 0. The van der Waals surface area contributed by atoms with Gasteiger partial charge in [0, 0.05) is 18.5 Å². The molecular formula is C26H30N2O2. The molecule has 4 rings (SSSR count). The van der Waals surface area contributed by atoms with Gasteiger partial charge >= 0.3 is 5.97 Å². The van der Waals surface area contributed by atoms with Crippen molar-refractivity contribution in [3.63, 3.8) is 0 Å². The summed E-state index contributed by atoms with van der Waals surface area (Å²) in [6.45, 7) is 2.90. The quantitative estimate of drug-likeness (QED) is 0.633. The van der Waals surface area contributed by atoms with Gasteiger partial charge in [-0.1, -0.05) is 63.3 Å². The molecule has 1 fully saturated rings. The lowest BCUT2D eigenvalue weighted by atomic mass is 9.88. The molecule has 156 valence electrons. The third-order valence-corrected chi connectivity index (χ3v) is 6.93. The van der Waals surface area contributed by atoms with E-state index in [0.29, 0.717) is 35.5 Å². The highest BCUT2D eigenvalue weighted by atomic mass is 16.4. The lowest BCUT2D eigenvalue weighted by molar-refractivity contribution is 0.0697. The number of benzene rings is 2. The molecule has 0 amide bonds. The number of carbonyl (C=O) groups is 1. The van der Waals surface area contributed by atoms with Crippen LogP contribution in [0.3, 0.4) is 0 Å². The van der Waals surface area contributed by atoms with Gasteiger partial charge in [0.2, 0.25) is 0 Å². The zero-order valence-corrected chi connectivity index (χ0v) is 17.7. The minimum Gasteiger partial charge on any atom is -0.478 e. The number of carboxylic acids is 1. The first-order chi connectivity index (χ1) is 14.6. The summed E-state index contributed by atoms with van der Waals surface area (Å²) in [5.41, 5.74) is 4.22. The van der Waals surface area contributed by atoms with Crippen molar-refractivity contribution in [1.82, 2.24) is 0 Å². The molecule has 3 atom stereocenters. The molecule has 2 aliphatic rings. The summed E-state index contributed by atoms with van der Waals surface area (Å²) in [5.74, 6) is 0.238. The summed E-state index contributed by atoms with van der Waals surface area (Å²) in [6, 6.07) is 16.0. The molecule has 4 heteroatoms. The highest BCUT2D eigenvalue weighted by molar-refractivity contribution is 5.96. The maximum Gasteiger partial charge on any atom is 0.337 e. The normalized spacial score (nSPS) is 22.7. The average molecular weight is 403 g/mol. The van der Waals surface area contributed by atoms with Crippen molar-refractivity contribution in [2.24, 2.45) is 5.92 Å². The third-order valence-electron chi connectivity index (χ3n) is 6.93. The molecule has 0 saturated heterocycles. The Kier molecular flexibility index (Phi) is 6.08. The van der Waals surface area contributed by atoms with Crippen LogP contribution >= 0.6 is 0 Å². The van der Waals surface area contributed by atoms with E-state index in [0.717, 1.165) is 24.1 Å². The molecule has 0 spiro atoms. The molecule has 1 N–H and O–H groups in total. The van der Waals surface area contributed by atoms with E-state index in [1.54, 1.807) is 6.07 Å². The second-order valence-electron chi connectivity index (χ2n) is 8.84. The van der Waals surface area contributed by atoms with Gasteiger partial charge in [-0.2, -0.15) is 5.26 Å². The highest BCUT2D eigenvalue weighted by Gasteiger charge is 2.42. The number of fused-ring (bicyclic) bond motifs is 3. The molecule has 4 nitrogen and oxygen atoms in total. The zero-order valence-electron chi connectivity index (χ0n) is 17.7. The predicted octanol–water partition coefficient (Wildman–Crippen LogP) is 6.11. The van der Waals surface area contributed by atoms with Crippen LogP contribution in [0.1, 0.15) is 84.8 Å². The van der Waals surface area contributed by atoms with E-state index in [9.17, 15) is 15.2 Å². The van der Waals surface area contributed by atoms with Crippen LogP contribution in [0, 0.1) is 17.2 Å². The van der Waals surface area contributed by atoms with Gasteiger partial charge in [0.1, 0.15) is 0 Å². The molecule has 2 aromatic carbocycles. The van der Waals surface area contributed by atoms with Gasteiger partial charge in [0.05, 0.1) is 22.9 Å². The number of unbranched alkanes of at least 4 members (excludes halogenated alkanes) is 1. The Morgan fingerprint density at radius 3 is 2.83 bits per heavy atom. The van der Waals surface area contributed by atoms with Crippen molar-refractivity contribution >= 4 is 11.7 Å². The average Bonchev–Trinajstić information content (AvgIpc) is 2.90. The van der Waals surface area contributed by atoms with Crippen LogP contribution in [0.4, 0.5) is 5.69 Å². The number of aromatic carboxylic acids is 1. The maximum atomic E-state index is 12.1. The Balaban J connectivity index is 1.74. The molecule has 3 unspecified atom stereocenters. The van der Waals surface area contributed by atoms with Crippen LogP contribution in [0.2, 0.25) is 0 Å². The Bertz CT molecular complexity index is 962. The first kappa shape index (κ1) is 20.5. The largest absolute Gasteiger partial charge is 0.478 e. The molecule has 2 aromatic rings. The number of nitrogens with zero attached hydrogens (tertiary/aromatic N) is 2. The van der Waals surface area contributed by atoms with Crippen molar-refractivity contribution in [3.8, 4) is 6.07 Å². The van der Waals surface area contributed by atoms with Gasteiger partial charge in [-0.3, -0.25) is 0 Å². The maximum absolute atomic E-state index is 12.1. The molecular weight excluding hydrogens is 372 g/mol. The number of nitriles is 1. The standard InChI is InChI=1S/C26H30N2O2/c1-2-3-7-18-8-5-11-21-22-12-6-13-23(26(29)30)25(22)28(24(21)15-18)17-20-10-4-9-19(14-20)16-27/h4,6,9-10,12-14,18,21,24H,2-3,5,7-8,11,15,17H2,1H3,(H,29,30). The SMILES string of the molecule is CCCCC1CCCC2c3cccc(C(=O)O)c3N(Cc3cccc(C#N)c3)C2C1.